The van der Waals surface area contributed by atoms with Crippen LogP contribution in [0, 0.1) is 5.92 Å². The number of ether oxygens (including phenoxy) is 1. The summed E-state index contributed by atoms with van der Waals surface area (Å²) in [5.41, 5.74) is 1.62. The molecular weight excluding hydrogens is 318 g/mol. The van der Waals surface area contributed by atoms with Gasteiger partial charge >= 0.3 is 5.97 Å². The van der Waals surface area contributed by atoms with Crippen molar-refractivity contribution >= 4 is 11.9 Å². The zero-order valence-corrected chi connectivity index (χ0v) is 14.4. The highest BCUT2D eigenvalue weighted by atomic mass is 16.5. The largest absolute Gasteiger partial charge is 0.494 e. The number of hydrogen-bond acceptors (Lipinski definition) is 3. The van der Waals surface area contributed by atoms with E-state index < -0.39 is 17.9 Å². The molecule has 0 spiro atoms. The molecule has 1 amide bonds. The van der Waals surface area contributed by atoms with E-state index in [1.54, 1.807) is 6.92 Å². The van der Waals surface area contributed by atoms with E-state index in [4.69, 9.17) is 4.74 Å². The second kappa shape index (κ2) is 8.87. The van der Waals surface area contributed by atoms with E-state index in [9.17, 15) is 14.7 Å². The smallest absolute Gasteiger partial charge is 0.308 e. The molecule has 2 aromatic carbocycles. The summed E-state index contributed by atoms with van der Waals surface area (Å²) >= 11 is 0. The Hall–Kier alpha value is -2.82. The maximum absolute atomic E-state index is 12.4. The molecule has 2 rings (SSSR count). The fraction of sp³-hybridized carbons (Fsp3) is 0.300. The van der Waals surface area contributed by atoms with Crippen molar-refractivity contribution in [2.75, 3.05) is 6.61 Å². The molecule has 0 saturated carbocycles. The molecule has 2 unspecified atom stereocenters. The van der Waals surface area contributed by atoms with Crippen molar-refractivity contribution in [3.8, 4) is 5.75 Å². The first-order chi connectivity index (χ1) is 12.0. The number of amides is 1. The van der Waals surface area contributed by atoms with Crippen molar-refractivity contribution in [2.45, 2.75) is 26.3 Å². The maximum atomic E-state index is 12.4. The molecule has 0 aliphatic carbocycles. The summed E-state index contributed by atoms with van der Waals surface area (Å²) < 4.78 is 5.38. The fourth-order valence-corrected chi connectivity index (χ4v) is 2.58. The Kier molecular flexibility index (Phi) is 6.57. The van der Waals surface area contributed by atoms with E-state index in [2.05, 4.69) is 5.32 Å². The Balaban J connectivity index is 2.07. The molecule has 2 atom stereocenters. The van der Waals surface area contributed by atoms with Gasteiger partial charge in [0.25, 0.3) is 0 Å². The lowest BCUT2D eigenvalue weighted by molar-refractivity contribution is -0.142. The lowest BCUT2D eigenvalue weighted by Gasteiger charge is -2.23. The van der Waals surface area contributed by atoms with Crippen LogP contribution in [0.1, 0.15) is 31.0 Å². The Morgan fingerprint density at radius 2 is 1.72 bits per heavy atom. The summed E-state index contributed by atoms with van der Waals surface area (Å²) in [6, 6.07) is 15.9. The lowest BCUT2D eigenvalue weighted by Crippen LogP contribution is -2.36. The molecule has 0 saturated heterocycles. The van der Waals surface area contributed by atoms with E-state index in [-0.39, 0.29) is 12.3 Å². The molecule has 5 nitrogen and oxygen atoms in total. The first-order valence-corrected chi connectivity index (χ1v) is 8.30. The lowest BCUT2D eigenvalue weighted by atomic mass is 9.94. The van der Waals surface area contributed by atoms with Gasteiger partial charge in [0.15, 0.2) is 0 Å². The summed E-state index contributed by atoms with van der Waals surface area (Å²) in [5, 5.41) is 12.2. The van der Waals surface area contributed by atoms with Crippen LogP contribution in [-0.4, -0.2) is 23.6 Å². The van der Waals surface area contributed by atoms with Crippen LogP contribution in [0.5, 0.6) is 5.75 Å². The van der Waals surface area contributed by atoms with Crippen LogP contribution in [0.2, 0.25) is 0 Å². The van der Waals surface area contributed by atoms with Gasteiger partial charge in [-0.2, -0.15) is 0 Å². The van der Waals surface area contributed by atoms with Gasteiger partial charge in [0.2, 0.25) is 5.91 Å². The monoisotopic (exact) mass is 341 g/mol. The highest BCUT2D eigenvalue weighted by molar-refractivity contribution is 5.80. The number of carbonyl (C=O) groups is 2. The molecule has 0 heterocycles. The van der Waals surface area contributed by atoms with Gasteiger partial charge in [-0.3, -0.25) is 9.59 Å². The normalized spacial score (nSPS) is 12.9. The van der Waals surface area contributed by atoms with E-state index in [0.29, 0.717) is 6.61 Å². The number of carboxylic acids is 1. The minimum Gasteiger partial charge on any atom is -0.494 e. The number of rotatable bonds is 8. The summed E-state index contributed by atoms with van der Waals surface area (Å²) in [6.45, 7) is 4.09. The van der Waals surface area contributed by atoms with Gasteiger partial charge in [0.1, 0.15) is 5.75 Å². The molecule has 0 aliphatic rings. The van der Waals surface area contributed by atoms with Crippen LogP contribution in [-0.2, 0) is 16.0 Å². The number of carboxylic acid groups (broad SMARTS) is 1. The van der Waals surface area contributed by atoms with Crippen molar-refractivity contribution in [1.82, 2.24) is 5.32 Å². The summed E-state index contributed by atoms with van der Waals surface area (Å²) in [4.78, 5) is 23.8. The van der Waals surface area contributed by atoms with E-state index >= 15 is 0 Å². The molecule has 25 heavy (non-hydrogen) atoms. The Bertz CT molecular complexity index is 697. The summed E-state index contributed by atoms with van der Waals surface area (Å²) in [5.74, 6) is -1.14. The average molecular weight is 341 g/mol. The van der Waals surface area contributed by atoms with Gasteiger partial charge in [-0.15, -0.1) is 0 Å². The SMILES string of the molecule is CCOc1ccc(CC(=O)NC(c2ccccc2)C(C)C(=O)O)cc1. The third kappa shape index (κ3) is 5.35. The minimum absolute atomic E-state index is 0.183. The van der Waals surface area contributed by atoms with Crippen LogP contribution in [0.3, 0.4) is 0 Å². The van der Waals surface area contributed by atoms with Crippen molar-refractivity contribution in [2.24, 2.45) is 5.92 Å². The molecule has 0 aromatic heterocycles. The average Bonchev–Trinajstić information content (AvgIpc) is 2.61. The molecule has 0 fully saturated rings. The molecule has 0 aliphatic heterocycles. The van der Waals surface area contributed by atoms with Crippen molar-refractivity contribution in [1.29, 1.82) is 0 Å². The van der Waals surface area contributed by atoms with Crippen molar-refractivity contribution in [3.05, 3.63) is 65.7 Å². The summed E-state index contributed by atoms with van der Waals surface area (Å²) in [7, 11) is 0. The number of nitrogens with one attached hydrogen (secondary N) is 1. The second-order valence-electron chi connectivity index (χ2n) is 5.84. The van der Waals surface area contributed by atoms with Gasteiger partial charge in [0.05, 0.1) is 25.0 Å². The second-order valence-corrected chi connectivity index (χ2v) is 5.84. The highest BCUT2D eigenvalue weighted by Gasteiger charge is 2.26. The van der Waals surface area contributed by atoms with Crippen molar-refractivity contribution in [3.63, 3.8) is 0 Å². The first kappa shape index (κ1) is 18.5. The molecule has 0 bridgehead atoms. The van der Waals surface area contributed by atoms with E-state index in [0.717, 1.165) is 16.9 Å². The molecular formula is C20H23NO4. The number of benzene rings is 2. The molecule has 2 N–H and O–H groups in total. The van der Waals surface area contributed by atoms with Gasteiger partial charge in [-0.05, 0) is 37.1 Å². The van der Waals surface area contributed by atoms with Crippen LogP contribution in [0.25, 0.3) is 0 Å². The van der Waals surface area contributed by atoms with E-state index in [1.165, 1.54) is 0 Å². The predicted octanol–water partition coefficient (Wildman–Crippen LogP) is 3.21. The Morgan fingerprint density at radius 3 is 2.28 bits per heavy atom. The van der Waals surface area contributed by atoms with Gasteiger partial charge in [0, 0.05) is 0 Å². The first-order valence-electron chi connectivity index (χ1n) is 8.30. The number of carbonyl (C=O) groups excluding carboxylic acids is 1. The zero-order valence-electron chi connectivity index (χ0n) is 14.4. The van der Waals surface area contributed by atoms with Crippen LogP contribution in [0.4, 0.5) is 0 Å². The number of hydrogen-bond donors (Lipinski definition) is 2. The summed E-state index contributed by atoms with van der Waals surface area (Å²) in [6.07, 6.45) is 0.183. The Morgan fingerprint density at radius 1 is 1.08 bits per heavy atom. The van der Waals surface area contributed by atoms with Gasteiger partial charge in [-0.1, -0.05) is 42.5 Å². The molecule has 132 valence electrons. The molecule has 0 radical (unpaired) electrons. The van der Waals surface area contributed by atoms with E-state index in [1.807, 2.05) is 61.5 Å². The topological polar surface area (TPSA) is 75.6 Å². The number of aliphatic carboxylic acids is 1. The molecule has 5 heteroatoms. The zero-order chi connectivity index (χ0) is 18.2. The minimum atomic E-state index is -0.949. The molecule has 2 aromatic rings. The third-order valence-electron chi connectivity index (χ3n) is 3.96. The third-order valence-corrected chi connectivity index (χ3v) is 3.96. The van der Waals surface area contributed by atoms with Gasteiger partial charge < -0.3 is 15.2 Å². The van der Waals surface area contributed by atoms with Crippen molar-refractivity contribution < 1.29 is 19.4 Å². The van der Waals surface area contributed by atoms with Gasteiger partial charge in [-0.25, -0.2) is 0 Å². The maximum Gasteiger partial charge on any atom is 0.308 e. The Labute approximate surface area is 147 Å². The van der Waals surface area contributed by atoms with Crippen LogP contribution < -0.4 is 10.1 Å². The quantitative estimate of drug-likeness (QED) is 0.773. The van der Waals surface area contributed by atoms with Crippen LogP contribution in [0.15, 0.2) is 54.6 Å². The predicted molar refractivity (Wildman–Crippen MR) is 95.4 cm³/mol. The van der Waals surface area contributed by atoms with Crippen LogP contribution >= 0.6 is 0 Å². The fourth-order valence-electron chi connectivity index (χ4n) is 2.58. The standard InChI is InChI=1S/C20H23NO4/c1-3-25-17-11-9-15(10-12-17)13-18(22)21-19(14(2)20(23)24)16-7-5-4-6-8-16/h4-12,14,19H,3,13H2,1-2H3,(H,21,22)(H,23,24). The highest BCUT2D eigenvalue weighted by Crippen LogP contribution is 2.22.